The van der Waals surface area contributed by atoms with Crippen LogP contribution in [0.2, 0.25) is 0 Å². The highest BCUT2D eigenvalue weighted by Gasteiger charge is 2.63. The smallest absolute Gasteiger partial charge is 0.368 e. The maximum absolute atomic E-state index is 12.8. The Hall–Kier alpha value is 0.180. The summed E-state index contributed by atoms with van der Waals surface area (Å²) in [5.74, 6) is 0. The molecule has 1 heterocycles. The van der Waals surface area contributed by atoms with E-state index in [9.17, 15) is 14.2 Å². The van der Waals surface area contributed by atoms with Crippen molar-refractivity contribution >= 4 is 15.2 Å². The van der Waals surface area contributed by atoms with Crippen molar-refractivity contribution in [2.75, 3.05) is 61.2 Å². The van der Waals surface area contributed by atoms with Gasteiger partial charge in [-0.05, 0) is 13.0 Å². The van der Waals surface area contributed by atoms with E-state index in [1.54, 1.807) is 0 Å². The van der Waals surface area contributed by atoms with Gasteiger partial charge in [0.15, 0.2) is 0 Å². The van der Waals surface area contributed by atoms with Crippen LogP contribution in [0.25, 0.3) is 0 Å². The minimum absolute atomic E-state index is 0.102. The van der Waals surface area contributed by atoms with E-state index in [1.807, 2.05) is 0 Å². The zero-order chi connectivity index (χ0) is 17.6. The molecule has 0 aromatic heterocycles. The highest BCUT2D eigenvalue weighted by atomic mass is 31.2. The van der Waals surface area contributed by atoms with Crippen LogP contribution >= 0.6 is 15.2 Å². The standard InChI is InChI=1S/C12H28N2O7P2/c1-18-22(16,19-2)12(15,23(17,20-3)21-4)6-5-9-14-10-7-13-8-11-14/h13,15H,5-11H2,1-4H3. The minimum atomic E-state index is -4.12. The highest BCUT2D eigenvalue weighted by Crippen LogP contribution is 2.77. The Morgan fingerprint density at radius 3 is 1.83 bits per heavy atom. The first-order chi connectivity index (χ1) is 10.8. The van der Waals surface area contributed by atoms with Gasteiger partial charge in [-0.15, -0.1) is 0 Å². The number of hydrogen-bond acceptors (Lipinski definition) is 9. The number of rotatable bonds is 10. The van der Waals surface area contributed by atoms with Gasteiger partial charge in [-0.2, -0.15) is 0 Å². The predicted molar refractivity (Wildman–Crippen MR) is 86.7 cm³/mol. The van der Waals surface area contributed by atoms with E-state index < -0.39 is 20.3 Å². The SMILES string of the molecule is COP(=O)(OC)C(O)(CCCN1CCNCC1)P(=O)(OC)OC. The molecule has 0 amide bonds. The molecule has 0 saturated carbocycles. The lowest BCUT2D eigenvalue weighted by atomic mass is 10.2. The summed E-state index contributed by atoms with van der Waals surface area (Å²) in [4.78, 5) is 2.20. The van der Waals surface area contributed by atoms with E-state index in [4.69, 9.17) is 18.1 Å². The number of nitrogens with one attached hydrogen (secondary N) is 1. The molecule has 0 spiro atoms. The molecule has 23 heavy (non-hydrogen) atoms. The number of aliphatic hydroxyl groups is 1. The van der Waals surface area contributed by atoms with E-state index in [-0.39, 0.29) is 6.42 Å². The van der Waals surface area contributed by atoms with E-state index in [0.29, 0.717) is 13.0 Å². The summed E-state index contributed by atoms with van der Waals surface area (Å²) < 4.78 is 45.0. The van der Waals surface area contributed by atoms with Crippen molar-refractivity contribution in [2.24, 2.45) is 0 Å². The van der Waals surface area contributed by atoms with Gasteiger partial charge in [0, 0.05) is 61.0 Å². The molecule has 0 atom stereocenters. The predicted octanol–water partition coefficient (Wildman–Crippen LogP) is 1.29. The van der Waals surface area contributed by atoms with Gasteiger partial charge in [0.05, 0.1) is 0 Å². The fourth-order valence-electron chi connectivity index (χ4n) is 2.63. The molecule has 1 fully saturated rings. The molecule has 1 aliphatic rings. The van der Waals surface area contributed by atoms with Crippen molar-refractivity contribution in [1.82, 2.24) is 10.2 Å². The van der Waals surface area contributed by atoms with Crippen molar-refractivity contribution < 1.29 is 32.3 Å². The maximum atomic E-state index is 12.8. The molecule has 0 aromatic carbocycles. The van der Waals surface area contributed by atoms with Crippen LogP contribution in [0, 0.1) is 0 Å². The highest BCUT2D eigenvalue weighted by molar-refractivity contribution is 7.73. The topological polar surface area (TPSA) is 107 Å². The van der Waals surface area contributed by atoms with Gasteiger partial charge in [0.1, 0.15) is 0 Å². The number of piperazine rings is 1. The van der Waals surface area contributed by atoms with Crippen LogP contribution < -0.4 is 5.32 Å². The number of hydrogen-bond donors (Lipinski definition) is 2. The average molecular weight is 374 g/mol. The van der Waals surface area contributed by atoms with Crippen molar-refractivity contribution in [3.8, 4) is 0 Å². The molecule has 0 radical (unpaired) electrons. The second-order valence-electron chi connectivity index (χ2n) is 5.19. The van der Waals surface area contributed by atoms with Crippen LogP contribution in [0.3, 0.4) is 0 Å². The molecule has 1 aliphatic heterocycles. The quantitative estimate of drug-likeness (QED) is 0.547. The summed E-state index contributed by atoms with van der Waals surface area (Å²) in [6.07, 6.45) is 0.332. The Bertz CT molecular complexity index is 415. The lowest BCUT2D eigenvalue weighted by molar-refractivity contribution is 0.0918. The van der Waals surface area contributed by atoms with Gasteiger partial charge in [0.25, 0.3) is 5.08 Å². The van der Waals surface area contributed by atoms with Gasteiger partial charge in [-0.25, -0.2) is 0 Å². The van der Waals surface area contributed by atoms with Crippen LogP contribution in [-0.2, 0) is 27.2 Å². The van der Waals surface area contributed by atoms with Crippen molar-refractivity contribution in [1.29, 1.82) is 0 Å². The van der Waals surface area contributed by atoms with E-state index in [0.717, 1.165) is 54.6 Å². The summed E-state index contributed by atoms with van der Waals surface area (Å²) in [6, 6.07) is 0. The van der Waals surface area contributed by atoms with Gasteiger partial charge in [-0.3, -0.25) is 9.13 Å². The largest absolute Gasteiger partial charge is 0.374 e. The van der Waals surface area contributed by atoms with E-state index >= 15 is 0 Å². The fourth-order valence-corrected chi connectivity index (χ4v) is 7.14. The molecule has 138 valence electrons. The van der Waals surface area contributed by atoms with Crippen molar-refractivity contribution in [3.63, 3.8) is 0 Å². The van der Waals surface area contributed by atoms with Crippen molar-refractivity contribution in [3.05, 3.63) is 0 Å². The zero-order valence-electron chi connectivity index (χ0n) is 14.2. The van der Waals surface area contributed by atoms with Gasteiger partial charge < -0.3 is 33.4 Å². The third kappa shape index (κ3) is 4.42. The van der Waals surface area contributed by atoms with E-state index in [1.165, 1.54) is 0 Å². The van der Waals surface area contributed by atoms with Gasteiger partial charge in [-0.1, -0.05) is 0 Å². The minimum Gasteiger partial charge on any atom is -0.368 e. The molecule has 0 unspecified atom stereocenters. The van der Waals surface area contributed by atoms with Crippen LogP contribution in [0.4, 0.5) is 0 Å². The summed E-state index contributed by atoms with van der Waals surface area (Å²) in [6.45, 7) is 4.22. The Morgan fingerprint density at radius 2 is 1.43 bits per heavy atom. The Kier molecular flexibility index (Phi) is 8.34. The summed E-state index contributed by atoms with van der Waals surface area (Å²) in [5.41, 5.74) is 0. The summed E-state index contributed by atoms with van der Waals surface area (Å²) in [5, 5.41) is 11.8. The first kappa shape index (κ1) is 21.2. The average Bonchev–Trinajstić information content (AvgIpc) is 2.60. The monoisotopic (exact) mass is 374 g/mol. The Labute approximate surface area is 137 Å². The summed E-state index contributed by atoms with van der Waals surface area (Å²) in [7, 11) is -3.73. The third-order valence-corrected chi connectivity index (χ3v) is 9.63. The first-order valence-electron chi connectivity index (χ1n) is 7.41. The first-order valence-corrected chi connectivity index (χ1v) is 10.5. The van der Waals surface area contributed by atoms with Crippen LogP contribution in [-0.4, -0.2) is 76.3 Å². The molecule has 2 N–H and O–H groups in total. The van der Waals surface area contributed by atoms with Crippen LogP contribution in [0.1, 0.15) is 12.8 Å². The zero-order valence-corrected chi connectivity index (χ0v) is 16.0. The molecule has 0 aromatic rings. The van der Waals surface area contributed by atoms with Gasteiger partial charge in [0.2, 0.25) is 0 Å². The lowest BCUT2D eigenvalue weighted by Crippen LogP contribution is -2.44. The second kappa shape index (κ2) is 9.04. The molecular weight excluding hydrogens is 346 g/mol. The summed E-state index contributed by atoms with van der Waals surface area (Å²) >= 11 is 0. The molecule has 1 saturated heterocycles. The second-order valence-corrected chi connectivity index (χ2v) is 10.5. The molecule has 1 rings (SSSR count). The molecule has 0 aliphatic carbocycles. The van der Waals surface area contributed by atoms with E-state index in [2.05, 4.69) is 10.2 Å². The Morgan fingerprint density at radius 1 is 1.00 bits per heavy atom. The Balaban J connectivity index is 2.91. The lowest BCUT2D eigenvalue weighted by Gasteiger charge is -2.37. The molecular formula is C12H28N2O7P2. The van der Waals surface area contributed by atoms with Crippen LogP contribution in [0.5, 0.6) is 0 Å². The molecule has 11 heteroatoms. The fraction of sp³-hybridized carbons (Fsp3) is 1.00. The van der Waals surface area contributed by atoms with Gasteiger partial charge >= 0.3 is 15.2 Å². The normalized spacial score (nSPS) is 18.3. The molecule has 9 nitrogen and oxygen atoms in total. The third-order valence-electron chi connectivity index (χ3n) is 4.03. The molecule has 0 bridgehead atoms. The van der Waals surface area contributed by atoms with Crippen LogP contribution in [0.15, 0.2) is 0 Å². The maximum Gasteiger partial charge on any atom is 0.374 e. The number of nitrogens with zero attached hydrogens (tertiary/aromatic N) is 1. The van der Waals surface area contributed by atoms with Crippen molar-refractivity contribution in [2.45, 2.75) is 17.9 Å².